The summed E-state index contributed by atoms with van der Waals surface area (Å²) in [6, 6.07) is 5.30. The first-order valence-corrected chi connectivity index (χ1v) is 7.42. The lowest BCUT2D eigenvalue weighted by atomic mass is 9.97. The molecular weight excluding hydrogens is 298 g/mol. The molecule has 0 heterocycles. The van der Waals surface area contributed by atoms with Gasteiger partial charge in [-0.2, -0.15) is 0 Å². The third-order valence-electron chi connectivity index (χ3n) is 3.75. The number of hydrogen-bond donors (Lipinski definition) is 2. The first-order chi connectivity index (χ1) is 10.4. The van der Waals surface area contributed by atoms with Gasteiger partial charge >= 0.3 is 0 Å². The van der Waals surface area contributed by atoms with E-state index in [2.05, 4.69) is 35.6 Å². The Balaban J connectivity index is 2.86. The summed E-state index contributed by atoms with van der Waals surface area (Å²) in [4.78, 5) is 13.3. The molecule has 120 valence electrons. The molecule has 0 saturated carbocycles. The second-order valence-electron chi connectivity index (χ2n) is 5.54. The number of aldehydes is 1. The number of likely N-dealkylation sites (N-methyl/N-ethyl adjacent to an activating group) is 2. The van der Waals surface area contributed by atoms with Crippen molar-refractivity contribution in [2.45, 2.75) is 19.0 Å². The highest BCUT2D eigenvalue weighted by atomic mass is 35.5. The fraction of sp³-hybridized carbons (Fsp3) is 0.353. The van der Waals surface area contributed by atoms with E-state index in [1.54, 1.807) is 18.3 Å². The molecule has 0 aliphatic carbocycles. The molecule has 1 atom stereocenters. The first-order valence-electron chi connectivity index (χ1n) is 7.04. The number of carbonyl (C=O) groups excluding carboxylic acids is 1. The largest absolute Gasteiger partial charge is 0.365 e. The van der Waals surface area contributed by atoms with Crippen LogP contribution in [0.4, 0.5) is 0 Å². The van der Waals surface area contributed by atoms with Crippen molar-refractivity contribution in [2.24, 2.45) is 0 Å². The highest BCUT2D eigenvalue weighted by Crippen LogP contribution is 2.19. The lowest BCUT2D eigenvalue weighted by Crippen LogP contribution is -2.52. The fourth-order valence-corrected chi connectivity index (χ4v) is 2.52. The molecule has 0 saturated heterocycles. The normalized spacial score (nSPS) is 13.5. The summed E-state index contributed by atoms with van der Waals surface area (Å²) in [5.41, 5.74) is 2.07. The topological polar surface area (TPSA) is 44.4 Å². The molecule has 1 unspecified atom stereocenters. The first kappa shape index (κ1) is 18.4. The summed E-state index contributed by atoms with van der Waals surface area (Å²) in [6.45, 7) is 11.1. The van der Waals surface area contributed by atoms with E-state index in [1.807, 2.05) is 20.2 Å². The van der Waals surface area contributed by atoms with Crippen molar-refractivity contribution in [3.63, 3.8) is 0 Å². The molecule has 1 aromatic carbocycles. The highest BCUT2D eigenvalue weighted by molar-refractivity contribution is 6.30. The summed E-state index contributed by atoms with van der Waals surface area (Å²) < 4.78 is 0. The molecule has 0 spiro atoms. The van der Waals surface area contributed by atoms with Gasteiger partial charge in [-0.15, -0.1) is 0 Å². The molecule has 22 heavy (non-hydrogen) atoms. The summed E-state index contributed by atoms with van der Waals surface area (Å²) >= 11 is 6.03. The van der Waals surface area contributed by atoms with Crippen LogP contribution in [0.3, 0.4) is 0 Å². The molecule has 0 aliphatic rings. The van der Waals surface area contributed by atoms with E-state index in [-0.39, 0.29) is 5.54 Å². The van der Waals surface area contributed by atoms with Crippen molar-refractivity contribution in [2.75, 3.05) is 20.6 Å². The Hall–Kier alpha value is -1.62. The van der Waals surface area contributed by atoms with Crippen LogP contribution in [0.5, 0.6) is 0 Å². The Morgan fingerprint density at radius 1 is 1.50 bits per heavy atom. The zero-order valence-electron chi connectivity index (χ0n) is 13.4. The number of nitrogens with zero attached hydrogens (tertiary/aromatic N) is 1. The summed E-state index contributed by atoms with van der Waals surface area (Å²) in [5.74, 6) is 0. The van der Waals surface area contributed by atoms with Crippen LogP contribution in [0.2, 0.25) is 5.02 Å². The van der Waals surface area contributed by atoms with Gasteiger partial charge in [-0.3, -0.25) is 9.69 Å². The monoisotopic (exact) mass is 321 g/mol. The Kier molecular flexibility index (Phi) is 6.81. The van der Waals surface area contributed by atoms with Crippen LogP contribution in [0.15, 0.2) is 43.3 Å². The van der Waals surface area contributed by atoms with Crippen molar-refractivity contribution in [3.05, 3.63) is 59.4 Å². The number of halogens is 1. The van der Waals surface area contributed by atoms with Gasteiger partial charge in [-0.1, -0.05) is 24.8 Å². The number of benzene rings is 1. The van der Waals surface area contributed by atoms with E-state index in [0.29, 0.717) is 23.7 Å². The van der Waals surface area contributed by atoms with Crippen LogP contribution < -0.4 is 10.6 Å². The van der Waals surface area contributed by atoms with Gasteiger partial charge in [0.25, 0.3) is 0 Å². The second kappa shape index (κ2) is 8.13. The van der Waals surface area contributed by atoms with Gasteiger partial charge in [0.05, 0.1) is 5.54 Å². The molecule has 0 amide bonds. The van der Waals surface area contributed by atoms with E-state index < -0.39 is 0 Å². The average Bonchev–Trinajstić information content (AvgIpc) is 2.47. The quantitative estimate of drug-likeness (QED) is 0.687. The molecule has 4 nitrogen and oxygen atoms in total. The SMILES string of the molecule is C=CNC(=C)C(C)(CN(C)Cc1cc(Cl)ccc1C=O)NC. The number of carbonyl (C=O) groups is 1. The van der Waals surface area contributed by atoms with Gasteiger partial charge in [0.1, 0.15) is 6.29 Å². The van der Waals surface area contributed by atoms with E-state index in [4.69, 9.17) is 11.6 Å². The van der Waals surface area contributed by atoms with Crippen LogP contribution in [0.1, 0.15) is 22.8 Å². The van der Waals surface area contributed by atoms with E-state index >= 15 is 0 Å². The van der Waals surface area contributed by atoms with E-state index in [1.165, 1.54) is 0 Å². The second-order valence-corrected chi connectivity index (χ2v) is 5.98. The van der Waals surface area contributed by atoms with Crippen LogP contribution in [-0.2, 0) is 6.54 Å². The Morgan fingerprint density at radius 3 is 2.73 bits per heavy atom. The predicted molar refractivity (Wildman–Crippen MR) is 93.1 cm³/mol. The summed E-state index contributed by atoms with van der Waals surface area (Å²) in [5, 5.41) is 6.94. The standard InChI is InChI=1S/C17H24ClN3O/c1-6-20-13(2)17(3,19-4)12-21(5)10-15-9-16(18)8-7-14(15)11-22/h6-9,11,19-20H,1-2,10,12H2,3-5H3. The molecule has 0 radical (unpaired) electrons. The van der Waals surface area contributed by atoms with Gasteiger partial charge in [0, 0.05) is 29.4 Å². The third kappa shape index (κ3) is 4.70. The van der Waals surface area contributed by atoms with Crippen LogP contribution in [0, 0.1) is 0 Å². The molecular formula is C17H24ClN3O. The Morgan fingerprint density at radius 2 is 2.18 bits per heavy atom. The Labute approximate surface area is 137 Å². The van der Waals surface area contributed by atoms with Crippen molar-refractivity contribution < 1.29 is 4.79 Å². The summed E-state index contributed by atoms with van der Waals surface area (Å²) in [7, 11) is 3.88. The fourth-order valence-electron chi connectivity index (χ4n) is 2.32. The predicted octanol–water partition coefficient (Wildman–Crippen LogP) is 2.81. The van der Waals surface area contributed by atoms with Gasteiger partial charge in [-0.05, 0) is 51.0 Å². The van der Waals surface area contributed by atoms with E-state index in [0.717, 1.165) is 17.5 Å². The number of hydrogen-bond acceptors (Lipinski definition) is 4. The molecule has 0 aromatic heterocycles. The summed E-state index contributed by atoms with van der Waals surface area (Å²) in [6.07, 6.45) is 2.47. The number of rotatable bonds is 9. The third-order valence-corrected chi connectivity index (χ3v) is 3.99. The van der Waals surface area contributed by atoms with Crippen LogP contribution in [0.25, 0.3) is 0 Å². The average molecular weight is 322 g/mol. The van der Waals surface area contributed by atoms with Gasteiger partial charge in [-0.25, -0.2) is 0 Å². The lowest BCUT2D eigenvalue weighted by molar-refractivity contribution is 0.112. The highest BCUT2D eigenvalue weighted by Gasteiger charge is 2.27. The smallest absolute Gasteiger partial charge is 0.150 e. The van der Waals surface area contributed by atoms with Crippen LogP contribution in [-0.4, -0.2) is 37.4 Å². The van der Waals surface area contributed by atoms with Crippen LogP contribution >= 0.6 is 11.6 Å². The zero-order chi connectivity index (χ0) is 16.8. The lowest BCUT2D eigenvalue weighted by Gasteiger charge is -2.35. The maximum Gasteiger partial charge on any atom is 0.150 e. The Bertz CT molecular complexity index is 559. The minimum atomic E-state index is -0.330. The number of nitrogens with one attached hydrogen (secondary N) is 2. The van der Waals surface area contributed by atoms with Gasteiger partial charge in [0.2, 0.25) is 0 Å². The molecule has 0 fully saturated rings. The van der Waals surface area contributed by atoms with Crippen molar-refractivity contribution in [1.29, 1.82) is 0 Å². The van der Waals surface area contributed by atoms with Crippen molar-refractivity contribution >= 4 is 17.9 Å². The molecule has 1 rings (SSSR count). The zero-order valence-corrected chi connectivity index (χ0v) is 14.2. The maximum absolute atomic E-state index is 11.1. The molecule has 5 heteroatoms. The van der Waals surface area contributed by atoms with Crippen molar-refractivity contribution in [3.8, 4) is 0 Å². The van der Waals surface area contributed by atoms with Gasteiger partial charge < -0.3 is 10.6 Å². The molecule has 0 aliphatic heterocycles. The molecule has 2 N–H and O–H groups in total. The van der Waals surface area contributed by atoms with Crippen molar-refractivity contribution in [1.82, 2.24) is 15.5 Å². The van der Waals surface area contributed by atoms with E-state index in [9.17, 15) is 4.79 Å². The minimum absolute atomic E-state index is 0.330. The maximum atomic E-state index is 11.1. The minimum Gasteiger partial charge on any atom is -0.365 e. The molecule has 0 bridgehead atoms. The van der Waals surface area contributed by atoms with Gasteiger partial charge in [0.15, 0.2) is 0 Å². The molecule has 1 aromatic rings.